The van der Waals surface area contributed by atoms with E-state index in [1.807, 2.05) is 0 Å². The molecule has 2 N–H and O–H groups in total. The number of nitro benzene ring substituents is 1. The number of aromatic nitrogens is 2. The highest BCUT2D eigenvalue weighted by molar-refractivity contribution is 7.99. The highest BCUT2D eigenvalue weighted by Crippen LogP contribution is 2.32. The third-order valence-electron chi connectivity index (χ3n) is 1.96. The molecule has 0 radical (unpaired) electrons. The summed E-state index contributed by atoms with van der Waals surface area (Å²) in [5, 5.41) is 11.2. The van der Waals surface area contributed by atoms with Crippen LogP contribution in [0, 0.1) is 10.1 Å². The first-order chi connectivity index (χ1) is 8.16. The third-order valence-corrected chi connectivity index (χ3v) is 2.97. The van der Waals surface area contributed by atoms with Crippen molar-refractivity contribution >= 4 is 23.1 Å². The Bertz CT molecular complexity index is 547. The van der Waals surface area contributed by atoms with E-state index in [-0.39, 0.29) is 5.69 Å². The minimum absolute atomic E-state index is 0.0222. The highest BCUT2D eigenvalue weighted by Gasteiger charge is 2.09. The van der Waals surface area contributed by atoms with E-state index < -0.39 is 4.92 Å². The fraction of sp³-hybridized carbons (Fsp3) is 0. The average molecular weight is 248 g/mol. The van der Waals surface area contributed by atoms with E-state index in [1.165, 1.54) is 23.9 Å². The third kappa shape index (κ3) is 2.70. The molecular weight excluding hydrogens is 240 g/mol. The molecule has 17 heavy (non-hydrogen) atoms. The minimum Gasteiger partial charge on any atom is -0.398 e. The maximum Gasteiger partial charge on any atom is 0.271 e. The monoisotopic (exact) mass is 248 g/mol. The first-order valence-electron chi connectivity index (χ1n) is 4.64. The van der Waals surface area contributed by atoms with Gasteiger partial charge >= 0.3 is 0 Å². The number of hydrogen-bond donors (Lipinski definition) is 1. The summed E-state index contributed by atoms with van der Waals surface area (Å²) < 4.78 is 0. The second-order valence-corrected chi connectivity index (χ2v) is 4.19. The molecule has 0 fully saturated rings. The van der Waals surface area contributed by atoms with Crippen LogP contribution in [0.3, 0.4) is 0 Å². The van der Waals surface area contributed by atoms with Crippen molar-refractivity contribution in [1.82, 2.24) is 9.97 Å². The lowest BCUT2D eigenvalue weighted by Crippen LogP contribution is -1.93. The lowest BCUT2D eigenvalue weighted by Gasteiger charge is -2.03. The van der Waals surface area contributed by atoms with Crippen LogP contribution in [0.15, 0.2) is 46.7 Å². The van der Waals surface area contributed by atoms with Gasteiger partial charge in [-0.2, -0.15) is 0 Å². The summed E-state index contributed by atoms with van der Waals surface area (Å²) in [7, 11) is 0. The molecule has 7 heteroatoms. The zero-order valence-electron chi connectivity index (χ0n) is 8.61. The fourth-order valence-corrected chi connectivity index (χ4v) is 1.96. The van der Waals surface area contributed by atoms with Crippen LogP contribution in [0.4, 0.5) is 11.4 Å². The van der Waals surface area contributed by atoms with Gasteiger partial charge in [0.15, 0.2) is 0 Å². The van der Waals surface area contributed by atoms with E-state index in [1.54, 1.807) is 24.7 Å². The second-order valence-electron chi connectivity index (χ2n) is 3.12. The molecule has 0 aliphatic carbocycles. The molecule has 0 bridgehead atoms. The number of benzene rings is 1. The van der Waals surface area contributed by atoms with E-state index in [4.69, 9.17) is 5.73 Å². The van der Waals surface area contributed by atoms with Crippen molar-refractivity contribution in [2.75, 3.05) is 5.73 Å². The Morgan fingerprint density at radius 2 is 2.18 bits per heavy atom. The number of nitrogens with zero attached hydrogens (tertiary/aromatic N) is 3. The van der Waals surface area contributed by atoms with Gasteiger partial charge in [0.25, 0.3) is 5.69 Å². The Balaban J connectivity index is 2.26. The van der Waals surface area contributed by atoms with Gasteiger partial charge in [-0.1, -0.05) is 11.8 Å². The van der Waals surface area contributed by atoms with Crippen LogP contribution in [0.2, 0.25) is 0 Å². The van der Waals surface area contributed by atoms with Gasteiger partial charge in [0, 0.05) is 29.4 Å². The van der Waals surface area contributed by atoms with E-state index in [0.29, 0.717) is 10.7 Å². The van der Waals surface area contributed by atoms with Gasteiger partial charge in [0.05, 0.1) is 16.8 Å². The van der Waals surface area contributed by atoms with Crippen molar-refractivity contribution in [2.24, 2.45) is 0 Å². The van der Waals surface area contributed by atoms with Crippen molar-refractivity contribution in [3.05, 3.63) is 46.9 Å². The normalized spacial score (nSPS) is 10.1. The number of nitrogens with two attached hydrogens (primary N) is 1. The summed E-state index contributed by atoms with van der Waals surface area (Å²) in [6, 6.07) is 4.35. The smallest absolute Gasteiger partial charge is 0.271 e. The second kappa shape index (κ2) is 4.79. The van der Waals surface area contributed by atoms with Gasteiger partial charge in [-0.15, -0.1) is 0 Å². The fourth-order valence-electron chi connectivity index (χ4n) is 1.19. The van der Waals surface area contributed by atoms with Gasteiger partial charge in [-0.25, -0.2) is 4.98 Å². The molecule has 0 saturated heterocycles. The van der Waals surface area contributed by atoms with Crippen molar-refractivity contribution in [3.63, 3.8) is 0 Å². The van der Waals surface area contributed by atoms with E-state index >= 15 is 0 Å². The number of anilines is 1. The van der Waals surface area contributed by atoms with E-state index in [9.17, 15) is 10.1 Å². The quantitative estimate of drug-likeness (QED) is 0.508. The Labute approximate surface area is 101 Å². The molecule has 0 spiro atoms. The van der Waals surface area contributed by atoms with Gasteiger partial charge in [0.2, 0.25) is 0 Å². The van der Waals surface area contributed by atoms with Crippen molar-refractivity contribution in [2.45, 2.75) is 9.92 Å². The Kier molecular flexibility index (Phi) is 3.20. The van der Waals surface area contributed by atoms with Gasteiger partial charge in [-0.05, 0) is 6.07 Å². The molecule has 2 rings (SSSR count). The first-order valence-corrected chi connectivity index (χ1v) is 5.46. The summed E-state index contributed by atoms with van der Waals surface area (Å²) >= 11 is 1.31. The number of non-ortho nitro benzene ring substituents is 1. The van der Waals surface area contributed by atoms with Crippen LogP contribution in [-0.2, 0) is 0 Å². The average Bonchev–Trinajstić information content (AvgIpc) is 2.33. The topological polar surface area (TPSA) is 94.9 Å². The van der Waals surface area contributed by atoms with Crippen LogP contribution < -0.4 is 5.73 Å². The first kappa shape index (κ1) is 11.3. The zero-order valence-corrected chi connectivity index (χ0v) is 9.42. The minimum atomic E-state index is -0.479. The molecule has 2 aromatic rings. The van der Waals surface area contributed by atoms with Gasteiger partial charge in [-0.3, -0.25) is 15.1 Å². The lowest BCUT2D eigenvalue weighted by molar-refractivity contribution is -0.384. The van der Waals surface area contributed by atoms with Crippen LogP contribution in [-0.4, -0.2) is 14.9 Å². The molecule has 1 aromatic carbocycles. The van der Waals surface area contributed by atoms with Gasteiger partial charge < -0.3 is 5.73 Å². The molecule has 0 aliphatic rings. The Morgan fingerprint density at radius 3 is 2.76 bits per heavy atom. The van der Waals surface area contributed by atoms with Crippen molar-refractivity contribution in [3.8, 4) is 0 Å². The summed E-state index contributed by atoms with van der Waals surface area (Å²) in [6.07, 6.45) is 4.75. The van der Waals surface area contributed by atoms with Crippen LogP contribution in [0.5, 0.6) is 0 Å². The van der Waals surface area contributed by atoms with E-state index in [2.05, 4.69) is 9.97 Å². The van der Waals surface area contributed by atoms with Crippen molar-refractivity contribution in [1.29, 1.82) is 0 Å². The molecule has 6 nitrogen and oxygen atoms in total. The SMILES string of the molecule is Nc1cc([N+](=O)[O-])ccc1Sc1cnccn1. The summed E-state index contributed by atoms with van der Waals surface area (Å²) in [4.78, 5) is 18.8. The summed E-state index contributed by atoms with van der Waals surface area (Å²) in [5.41, 5.74) is 6.07. The molecule has 0 saturated carbocycles. The Morgan fingerprint density at radius 1 is 1.35 bits per heavy atom. The van der Waals surface area contributed by atoms with Crippen LogP contribution in [0.1, 0.15) is 0 Å². The molecule has 86 valence electrons. The maximum absolute atomic E-state index is 10.5. The Hall–Kier alpha value is -2.15. The molecule has 0 atom stereocenters. The zero-order chi connectivity index (χ0) is 12.3. The molecule has 0 amide bonds. The van der Waals surface area contributed by atoms with Crippen molar-refractivity contribution < 1.29 is 4.92 Å². The number of nitro groups is 1. The lowest BCUT2D eigenvalue weighted by atomic mass is 10.3. The summed E-state index contributed by atoms with van der Waals surface area (Å²) in [6.45, 7) is 0. The van der Waals surface area contributed by atoms with E-state index in [0.717, 1.165) is 4.90 Å². The van der Waals surface area contributed by atoms with Crippen LogP contribution in [0.25, 0.3) is 0 Å². The largest absolute Gasteiger partial charge is 0.398 e. The highest BCUT2D eigenvalue weighted by atomic mass is 32.2. The summed E-state index contributed by atoms with van der Waals surface area (Å²) in [5.74, 6) is 0. The maximum atomic E-state index is 10.5. The predicted molar refractivity (Wildman–Crippen MR) is 63.7 cm³/mol. The number of nitrogen functional groups attached to an aromatic ring is 1. The van der Waals surface area contributed by atoms with Gasteiger partial charge in [0.1, 0.15) is 5.03 Å². The standard InChI is InChI=1S/C10H8N4O2S/c11-8-5-7(14(15)16)1-2-9(8)17-10-6-12-3-4-13-10/h1-6H,11H2. The molecule has 1 aromatic heterocycles. The van der Waals surface area contributed by atoms with Crippen LogP contribution >= 0.6 is 11.8 Å². The molecular formula is C10H8N4O2S. The molecule has 0 unspecified atom stereocenters. The molecule has 1 heterocycles. The number of rotatable bonds is 3. The molecule has 0 aliphatic heterocycles. The predicted octanol–water partition coefficient (Wildman–Crippen LogP) is 2.12. The number of hydrogen-bond acceptors (Lipinski definition) is 6.